The number of carbonyl (C=O) groups excluding carboxylic acids is 2. The Morgan fingerprint density at radius 1 is 1.33 bits per heavy atom. The molecule has 21 heavy (non-hydrogen) atoms. The largest absolute Gasteiger partial charge is 0.459 e. The number of aliphatic hydroxyl groups is 2. The molecule has 118 valence electrons. The van der Waals surface area contributed by atoms with Crippen LogP contribution in [-0.4, -0.2) is 47.3 Å². The van der Waals surface area contributed by atoms with E-state index in [-0.39, 0.29) is 37.2 Å². The monoisotopic (exact) mass is 298 g/mol. The Morgan fingerprint density at radius 2 is 2.05 bits per heavy atom. The Morgan fingerprint density at radius 3 is 2.57 bits per heavy atom. The van der Waals surface area contributed by atoms with Crippen LogP contribution in [0.4, 0.5) is 0 Å². The van der Waals surface area contributed by atoms with Crippen molar-refractivity contribution in [3.05, 3.63) is 24.2 Å². The maximum absolute atomic E-state index is 11.7. The highest BCUT2D eigenvalue weighted by Gasteiger charge is 2.28. The van der Waals surface area contributed by atoms with E-state index in [1.807, 2.05) is 0 Å². The molecule has 0 fully saturated rings. The van der Waals surface area contributed by atoms with Gasteiger partial charge in [0.1, 0.15) is 0 Å². The lowest BCUT2D eigenvalue weighted by Crippen LogP contribution is -2.53. The average molecular weight is 298 g/mol. The maximum atomic E-state index is 11.7. The summed E-state index contributed by atoms with van der Waals surface area (Å²) in [7, 11) is 0. The molecule has 1 heterocycles. The van der Waals surface area contributed by atoms with E-state index in [0.717, 1.165) is 0 Å². The molecule has 7 heteroatoms. The van der Waals surface area contributed by atoms with Gasteiger partial charge in [0, 0.05) is 13.0 Å². The molecule has 2 amide bonds. The molecule has 0 aromatic carbocycles. The van der Waals surface area contributed by atoms with Crippen LogP contribution in [0, 0.1) is 0 Å². The van der Waals surface area contributed by atoms with Gasteiger partial charge in [-0.3, -0.25) is 9.59 Å². The van der Waals surface area contributed by atoms with E-state index in [1.165, 1.54) is 6.26 Å². The Labute approximate surface area is 123 Å². The number of carbonyl (C=O) groups is 2. The van der Waals surface area contributed by atoms with Crippen LogP contribution >= 0.6 is 0 Å². The number of furan rings is 1. The zero-order valence-electron chi connectivity index (χ0n) is 12.1. The zero-order chi connectivity index (χ0) is 15.7. The highest BCUT2D eigenvalue weighted by Crippen LogP contribution is 2.08. The predicted octanol–water partition coefficient (Wildman–Crippen LogP) is 0.0392. The summed E-state index contributed by atoms with van der Waals surface area (Å²) in [5.41, 5.74) is -0.978. The second-order valence-corrected chi connectivity index (χ2v) is 4.84. The van der Waals surface area contributed by atoms with Gasteiger partial charge in [-0.1, -0.05) is 6.92 Å². The first kappa shape index (κ1) is 17.2. The minimum Gasteiger partial charge on any atom is -0.459 e. The molecule has 0 aliphatic carbocycles. The standard InChI is InChI=1S/C14H22N2O5/c1-2-14(9-17,10-18)16-12(19)6-3-7-15-13(20)11-5-4-8-21-11/h4-5,8,17-18H,2-3,6-7,9-10H2,1H3,(H,15,20)(H,16,19). The quantitative estimate of drug-likeness (QED) is 0.481. The van der Waals surface area contributed by atoms with Crippen molar-refractivity contribution in [1.82, 2.24) is 10.6 Å². The Balaban J connectivity index is 2.26. The SMILES string of the molecule is CCC(CO)(CO)NC(=O)CCCNC(=O)c1ccco1. The van der Waals surface area contributed by atoms with Gasteiger partial charge in [0.2, 0.25) is 5.91 Å². The molecule has 0 unspecified atom stereocenters. The van der Waals surface area contributed by atoms with Crippen LogP contribution < -0.4 is 10.6 Å². The van der Waals surface area contributed by atoms with Crippen molar-refractivity contribution in [1.29, 1.82) is 0 Å². The van der Waals surface area contributed by atoms with Crippen molar-refractivity contribution in [3.8, 4) is 0 Å². The lowest BCUT2D eigenvalue weighted by molar-refractivity contribution is -0.124. The zero-order valence-corrected chi connectivity index (χ0v) is 12.1. The van der Waals surface area contributed by atoms with Gasteiger partial charge in [0.25, 0.3) is 5.91 Å². The van der Waals surface area contributed by atoms with E-state index in [0.29, 0.717) is 19.4 Å². The van der Waals surface area contributed by atoms with E-state index in [1.54, 1.807) is 19.1 Å². The molecular formula is C14H22N2O5. The van der Waals surface area contributed by atoms with E-state index in [9.17, 15) is 19.8 Å². The first-order valence-corrected chi connectivity index (χ1v) is 6.91. The molecule has 0 aliphatic heterocycles. The van der Waals surface area contributed by atoms with Crippen molar-refractivity contribution >= 4 is 11.8 Å². The van der Waals surface area contributed by atoms with Crippen LogP contribution in [-0.2, 0) is 4.79 Å². The number of aliphatic hydroxyl groups excluding tert-OH is 2. The fraction of sp³-hybridized carbons (Fsp3) is 0.571. The summed E-state index contributed by atoms with van der Waals surface area (Å²) in [6.07, 6.45) is 2.49. The lowest BCUT2D eigenvalue weighted by Gasteiger charge is -2.29. The molecule has 4 N–H and O–H groups in total. The number of amides is 2. The highest BCUT2D eigenvalue weighted by atomic mass is 16.3. The summed E-state index contributed by atoms with van der Waals surface area (Å²) in [5.74, 6) is -0.369. The van der Waals surface area contributed by atoms with Gasteiger partial charge in [-0.15, -0.1) is 0 Å². The van der Waals surface area contributed by atoms with Crippen molar-refractivity contribution in [2.45, 2.75) is 31.7 Å². The van der Waals surface area contributed by atoms with Gasteiger partial charge < -0.3 is 25.3 Å². The first-order chi connectivity index (χ1) is 10.1. The molecule has 7 nitrogen and oxygen atoms in total. The maximum Gasteiger partial charge on any atom is 0.286 e. The smallest absolute Gasteiger partial charge is 0.286 e. The molecule has 0 saturated carbocycles. The van der Waals surface area contributed by atoms with E-state index < -0.39 is 5.54 Å². The van der Waals surface area contributed by atoms with Crippen LogP contribution in [0.25, 0.3) is 0 Å². The van der Waals surface area contributed by atoms with Crippen molar-refractivity contribution < 1.29 is 24.2 Å². The average Bonchev–Trinajstić information content (AvgIpc) is 3.03. The predicted molar refractivity (Wildman–Crippen MR) is 75.6 cm³/mol. The lowest BCUT2D eigenvalue weighted by atomic mass is 9.98. The normalized spacial score (nSPS) is 11.2. The van der Waals surface area contributed by atoms with Crippen LogP contribution in [0.15, 0.2) is 22.8 Å². The number of hydrogen-bond acceptors (Lipinski definition) is 5. The van der Waals surface area contributed by atoms with Crippen LogP contribution in [0.2, 0.25) is 0 Å². The fourth-order valence-electron chi connectivity index (χ4n) is 1.75. The first-order valence-electron chi connectivity index (χ1n) is 6.91. The molecule has 0 aliphatic rings. The van der Waals surface area contributed by atoms with Gasteiger partial charge in [-0.05, 0) is 25.0 Å². The fourth-order valence-corrected chi connectivity index (χ4v) is 1.75. The molecule has 1 aromatic rings. The molecule has 0 bridgehead atoms. The van der Waals surface area contributed by atoms with Crippen LogP contribution in [0.1, 0.15) is 36.7 Å². The third kappa shape index (κ3) is 5.20. The summed E-state index contributed by atoms with van der Waals surface area (Å²) in [4.78, 5) is 23.3. The summed E-state index contributed by atoms with van der Waals surface area (Å²) < 4.78 is 4.94. The Hall–Kier alpha value is -1.86. The number of nitrogens with one attached hydrogen (secondary N) is 2. The van der Waals surface area contributed by atoms with Gasteiger partial charge in [-0.2, -0.15) is 0 Å². The molecule has 1 rings (SSSR count). The number of rotatable bonds is 9. The molecule has 0 spiro atoms. The van der Waals surface area contributed by atoms with Gasteiger partial charge in [-0.25, -0.2) is 0 Å². The van der Waals surface area contributed by atoms with E-state index in [2.05, 4.69) is 10.6 Å². The van der Waals surface area contributed by atoms with E-state index in [4.69, 9.17) is 4.42 Å². The minimum atomic E-state index is -0.978. The molecule has 0 saturated heterocycles. The van der Waals surface area contributed by atoms with E-state index >= 15 is 0 Å². The summed E-state index contributed by atoms with van der Waals surface area (Å²) in [5, 5.41) is 23.7. The molecule has 0 radical (unpaired) electrons. The molecular weight excluding hydrogens is 276 g/mol. The summed E-state index contributed by atoms with van der Waals surface area (Å²) in [6, 6.07) is 3.18. The molecule has 0 atom stereocenters. The Bertz CT molecular complexity index is 432. The van der Waals surface area contributed by atoms with Gasteiger partial charge >= 0.3 is 0 Å². The van der Waals surface area contributed by atoms with Gasteiger partial charge in [0.15, 0.2) is 5.76 Å². The Kier molecular flexibility index (Phi) is 6.90. The second-order valence-electron chi connectivity index (χ2n) is 4.84. The second kappa shape index (κ2) is 8.43. The minimum absolute atomic E-state index is 0.195. The topological polar surface area (TPSA) is 112 Å². The van der Waals surface area contributed by atoms with Crippen molar-refractivity contribution in [2.75, 3.05) is 19.8 Å². The third-order valence-electron chi connectivity index (χ3n) is 3.30. The summed E-state index contributed by atoms with van der Waals surface area (Å²) >= 11 is 0. The number of hydrogen-bond donors (Lipinski definition) is 4. The van der Waals surface area contributed by atoms with Crippen LogP contribution in [0.3, 0.4) is 0 Å². The third-order valence-corrected chi connectivity index (χ3v) is 3.30. The van der Waals surface area contributed by atoms with Crippen LogP contribution in [0.5, 0.6) is 0 Å². The van der Waals surface area contributed by atoms with Crippen molar-refractivity contribution in [3.63, 3.8) is 0 Å². The van der Waals surface area contributed by atoms with Gasteiger partial charge in [0.05, 0.1) is 25.0 Å². The highest BCUT2D eigenvalue weighted by molar-refractivity contribution is 5.91. The molecule has 1 aromatic heterocycles. The summed E-state index contributed by atoms with van der Waals surface area (Å²) in [6.45, 7) is 1.47. The van der Waals surface area contributed by atoms with Crippen molar-refractivity contribution in [2.24, 2.45) is 0 Å².